The fraction of sp³-hybridized carbons (Fsp3) is 0.545. The Morgan fingerprint density at radius 1 is 1.47 bits per heavy atom. The zero-order chi connectivity index (χ0) is 10.4. The average Bonchev–Trinajstić information content (AvgIpc) is 2.89. The van der Waals surface area contributed by atoms with Gasteiger partial charge in [-0.3, -0.25) is 4.98 Å². The lowest BCUT2D eigenvalue weighted by Gasteiger charge is -2.29. The van der Waals surface area contributed by atoms with Gasteiger partial charge in [-0.2, -0.15) is 0 Å². The van der Waals surface area contributed by atoms with Gasteiger partial charge in [0.2, 0.25) is 0 Å². The van der Waals surface area contributed by atoms with Crippen LogP contribution in [-0.2, 0) is 0 Å². The number of piperidine rings is 1. The van der Waals surface area contributed by atoms with Crippen molar-refractivity contribution in [1.29, 1.82) is 0 Å². The fourth-order valence-corrected chi connectivity index (χ4v) is 2.80. The molecule has 3 unspecified atom stereocenters. The van der Waals surface area contributed by atoms with Crippen molar-refractivity contribution in [2.24, 2.45) is 5.92 Å². The summed E-state index contributed by atoms with van der Waals surface area (Å²) in [6.07, 6.45) is 6.60. The monoisotopic (exact) mass is 223 g/mol. The molecule has 0 aromatic carbocycles. The van der Waals surface area contributed by atoms with E-state index in [1.807, 2.05) is 19.3 Å². The molecule has 1 aliphatic heterocycles. The van der Waals surface area contributed by atoms with Crippen molar-refractivity contribution in [3.8, 4) is 0 Å². The summed E-state index contributed by atoms with van der Waals surface area (Å²) in [5.74, 6) is 0.876. The Hall–Kier alpha value is -0.800. The van der Waals surface area contributed by atoms with Gasteiger partial charge in [0.25, 0.3) is 0 Å². The summed E-state index contributed by atoms with van der Waals surface area (Å²) in [6.45, 7) is 0. The maximum Gasteiger partial charge on any atom is 0.0800 e. The lowest BCUT2D eigenvalue weighted by molar-refractivity contribution is 0.530. The third-order valence-corrected chi connectivity index (χ3v) is 3.63. The van der Waals surface area contributed by atoms with Crippen LogP contribution in [0.4, 0.5) is 5.69 Å². The van der Waals surface area contributed by atoms with Gasteiger partial charge in [-0.05, 0) is 31.9 Å². The topological polar surface area (TPSA) is 28.2 Å². The van der Waals surface area contributed by atoms with Crippen LogP contribution in [0.3, 0.4) is 0 Å². The van der Waals surface area contributed by atoms with Gasteiger partial charge in [0.15, 0.2) is 0 Å². The van der Waals surface area contributed by atoms with Gasteiger partial charge < -0.3 is 10.2 Å². The molecule has 1 saturated heterocycles. The molecule has 0 bridgehead atoms. The fourth-order valence-electron chi connectivity index (χ4n) is 2.63. The van der Waals surface area contributed by atoms with E-state index in [9.17, 15) is 0 Å². The molecule has 2 aliphatic rings. The highest BCUT2D eigenvalue weighted by Gasteiger charge is 2.51. The smallest absolute Gasteiger partial charge is 0.0800 e. The Bertz CT molecular complexity index is 382. The number of hydrogen-bond acceptors (Lipinski definition) is 3. The van der Waals surface area contributed by atoms with Crippen LogP contribution < -0.4 is 10.2 Å². The minimum Gasteiger partial charge on any atom is -0.351 e. The molecule has 1 aromatic rings. The quantitative estimate of drug-likeness (QED) is 0.830. The highest BCUT2D eigenvalue weighted by molar-refractivity contribution is 6.30. The number of rotatable bonds is 2. The van der Waals surface area contributed by atoms with Gasteiger partial charge in [-0.25, -0.2) is 0 Å². The highest BCUT2D eigenvalue weighted by Crippen LogP contribution is 2.48. The first-order valence-electron chi connectivity index (χ1n) is 5.36. The van der Waals surface area contributed by atoms with Gasteiger partial charge in [-0.1, -0.05) is 11.6 Å². The molecule has 0 amide bonds. The van der Waals surface area contributed by atoms with Crippen molar-refractivity contribution in [3.63, 3.8) is 0 Å². The summed E-state index contributed by atoms with van der Waals surface area (Å²) < 4.78 is 0. The van der Waals surface area contributed by atoms with Crippen LogP contribution in [0.2, 0.25) is 5.02 Å². The van der Waals surface area contributed by atoms with E-state index in [-0.39, 0.29) is 0 Å². The van der Waals surface area contributed by atoms with Crippen molar-refractivity contribution in [2.45, 2.75) is 25.0 Å². The number of halogens is 1. The zero-order valence-electron chi connectivity index (χ0n) is 8.65. The Morgan fingerprint density at radius 3 is 3.07 bits per heavy atom. The SMILES string of the molecule is CNC1CC2CC2N1c1cncc(Cl)c1. The van der Waals surface area contributed by atoms with E-state index in [0.29, 0.717) is 17.2 Å². The largest absolute Gasteiger partial charge is 0.351 e. The van der Waals surface area contributed by atoms with Crippen LogP contribution in [0.5, 0.6) is 0 Å². The van der Waals surface area contributed by atoms with E-state index in [2.05, 4.69) is 15.2 Å². The summed E-state index contributed by atoms with van der Waals surface area (Å²) in [5, 5.41) is 4.06. The third kappa shape index (κ3) is 1.50. The molecule has 0 radical (unpaired) electrons. The molecule has 3 nitrogen and oxygen atoms in total. The molecule has 3 rings (SSSR count). The van der Waals surface area contributed by atoms with Crippen LogP contribution in [0.1, 0.15) is 12.8 Å². The first kappa shape index (κ1) is 9.43. The normalized spacial score (nSPS) is 32.9. The second-order valence-electron chi connectivity index (χ2n) is 4.37. The molecular weight excluding hydrogens is 210 g/mol. The number of hydrogen-bond donors (Lipinski definition) is 1. The van der Waals surface area contributed by atoms with Gasteiger partial charge >= 0.3 is 0 Å². The second-order valence-corrected chi connectivity index (χ2v) is 4.81. The molecule has 80 valence electrons. The number of pyridine rings is 1. The van der Waals surface area contributed by atoms with E-state index in [1.165, 1.54) is 12.8 Å². The minimum absolute atomic E-state index is 0.453. The predicted octanol–water partition coefficient (Wildman–Crippen LogP) is 1.88. The Kier molecular flexibility index (Phi) is 2.11. The zero-order valence-corrected chi connectivity index (χ0v) is 9.41. The number of anilines is 1. The van der Waals surface area contributed by atoms with Crippen LogP contribution in [0.25, 0.3) is 0 Å². The van der Waals surface area contributed by atoms with Crippen LogP contribution >= 0.6 is 11.6 Å². The van der Waals surface area contributed by atoms with E-state index < -0.39 is 0 Å². The summed E-state index contributed by atoms with van der Waals surface area (Å²) >= 11 is 5.97. The van der Waals surface area contributed by atoms with Crippen molar-refractivity contribution >= 4 is 17.3 Å². The first-order valence-corrected chi connectivity index (χ1v) is 5.73. The molecular formula is C11H14ClN3. The van der Waals surface area contributed by atoms with Crippen LogP contribution in [0, 0.1) is 5.92 Å². The Morgan fingerprint density at radius 2 is 2.33 bits per heavy atom. The van der Waals surface area contributed by atoms with Crippen molar-refractivity contribution in [2.75, 3.05) is 11.9 Å². The molecule has 1 saturated carbocycles. The van der Waals surface area contributed by atoms with Crippen molar-refractivity contribution in [3.05, 3.63) is 23.5 Å². The van der Waals surface area contributed by atoms with Gasteiger partial charge in [-0.15, -0.1) is 0 Å². The molecule has 0 spiro atoms. The van der Waals surface area contributed by atoms with E-state index >= 15 is 0 Å². The summed E-state index contributed by atoms with van der Waals surface area (Å²) in [7, 11) is 2.01. The van der Waals surface area contributed by atoms with Gasteiger partial charge in [0.1, 0.15) is 0 Å². The summed E-state index contributed by atoms with van der Waals surface area (Å²) in [4.78, 5) is 6.57. The van der Waals surface area contributed by atoms with Crippen LogP contribution in [-0.4, -0.2) is 24.2 Å². The van der Waals surface area contributed by atoms with Gasteiger partial charge in [0.05, 0.1) is 23.1 Å². The molecule has 1 N–H and O–H groups in total. The third-order valence-electron chi connectivity index (χ3n) is 3.43. The maximum atomic E-state index is 5.97. The molecule has 2 fully saturated rings. The van der Waals surface area contributed by atoms with E-state index in [0.717, 1.165) is 11.6 Å². The molecule has 1 aliphatic carbocycles. The minimum atomic E-state index is 0.453. The second kappa shape index (κ2) is 3.35. The molecule has 15 heavy (non-hydrogen) atoms. The molecule has 3 atom stereocenters. The average molecular weight is 224 g/mol. The number of aromatic nitrogens is 1. The molecule has 2 heterocycles. The Balaban J connectivity index is 1.92. The summed E-state index contributed by atoms with van der Waals surface area (Å²) in [6, 6.07) is 2.71. The molecule has 4 heteroatoms. The lowest BCUT2D eigenvalue weighted by Crippen LogP contribution is -2.41. The molecule has 1 aromatic heterocycles. The van der Waals surface area contributed by atoms with Crippen LogP contribution in [0.15, 0.2) is 18.5 Å². The standard InChI is InChI=1S/C11H14ClN3/c1-13-11-3-7-2-10(7)15(11)9-4-8(12)5-14-6-9/h4-7,10-11,13H,2-3H2,1H3. The van der Waals surface area contributed by atoms with E-state index in [4.69, 9.17) is 11.6 Å². The summed E-state index contributed by atoms with van der Waals surface area (Å²) in [5.41, 5.74) is 1.15. The van der Waals surface area contributed by atoms with Crippen molar-refractivity contribution < 1.29 is 0 Å². The van der Waals surface area contributed by atoms with Gasteiger partial charge in [0, 0.05) is 12.2 Å². The maximum absolute atomic E-state index is 5.97. The predicted molar refractivity (Wildman–Crippen MR) is 61.1 cm³/mol. The van der Waals surface area contributed by atoms with E-state index in [1.54, 1.807) is 6.20 Å². The number of fused-ring (bicyclic) bond motifs is 1. The number of nitrogens with zero attached hydrogens (tertiary/aromatic N) is 2. The Labute approximate surface area is 94.4 Å². The number of nitrogens with one attached hydrogen (secondary N) is 1. The van der Waals surface area contributed by atoms with Crippen molar-refractivity contribution in [1.82, 2.24) is 10.3 Å². The highest BCUT2D eigenvalue weighted by atomic mass is 35.5. The lowest BCUT2D eigenvalue weighted by atomic mass is 10.2. The first-order chi connectivity index (χ1) is 7.29.